The van der Waals surface area contributed by atoms with Crippen molar-refractivity contribution in [3.05, 3.63) is 65.5 Å². The van der Waals surface area contributed by atoms with Crippen LogP contribution in [0.1, 0.15) is 17.2 Å². The molecule has 0 heterocycles. The van der Waals surface area contributed by atoms with Crippen LogP contribution < -0.4 is 10.1 Å². The van der Waals surface area contributed by atoms with Crippen molar-refractivity contribution in [1.82, 2.24) is 10.2 Å². The van der Waals surface area contributed by atoms with Crippen LogP contribution in [0, 0.1) is 5.82 Å². The summed E-state index contributed by atoms with van der Waals surface area (Å²) < 4.78 is 18.7. The lowest BCUT2D eigenvalue weighted by atomic mass is 10.1. The highest BCUT2D eigenvalue weighted by Gasteiger charge is 2.12. The van der Waals surface area contributed by atoms with Crippen molar-refractivity contribution in [1.29, 1.82) is 0 Å². The summed E-state index contributed by atoms with van der Waals surface area (Å²) >= 11 is 0. The molecule has 4 heteroatoms. The summed E-state index contributed by atoms with van der Waals surface area (Å²) in [5.41, 5.74) is 2.13. The molecule has 0 radical (unpaired) electrons. The first-order chi connectivity index (χ1) is 10.6. The topological polar surface area (TPSA) is 24.5 Å². The zero-order chi connectivity index (χ0) is 15.9. The van der Waals surface area contributed by atoms with Gasteiger partial charge in [0, 0.05) is 19.1 Å². The zero-order valence-corrected chi connectivity index (χ0v) is 13.3. The summed E-state index contributed by atoms with van der Waals surface area (Å²) in [6.45, 7) is 1.48. The number of rotatable bonds is 7. The Hall–Kier alpha value is -1.91. The fraction of sp³-hybridized carbons (Fsp3) is 0.333. The van der Waals surface area contributed by atoms with E-state index in [2.05, 4.69) is 22.3 Å². The van der Waals surface area contributed by atoms with Crippen molar-refractivity contribution < 1.29 is 9.13 Å². The van der Waals surface area contributed by atoms with E-state index in [0.717, 1.165) is 12.1 Å². The Kier molecular flexibility index (Phi) is 5.92. The smallest absolute Gasteiger partial charge is 0.165 e. The van der Waals surface area contributed by atoms with Gasteiger partial charge in [0.15, 0.2) is 11.6 Å². The van der Waals surface area contributed by atoms with E-state index >= 15 is 0 Å². The van der Waals surface area contributed by atoms with Crippen LogP contribution in [0.25, 0.3) is 0 Å². The first-order valence-electron chi connectivity index (χ1n) is 7.35. The van der Waals surface area contributed by atoms with Gasteiger partial charge >= 0.3 is 0 Å². The minimum Gasteiger partial charge on any atom is -0.494 e. The maximum Gasteiger partial charge on any atom is 0.165 e. The van der Waals surface area contributed by atoms with Crippen molar-refractivity contribution in [2.24, 2.45) is 0 Å². The lowest BCUT2D eigenvalue weighted by molar-refractivity contribution is 0.340. The molecule has 0 bridgehead atoms. The van der Waals surface area contributed by atoms with E-state index in [0.29, 0.717) is 6.54 Å². The predicted octanol–water partition coefficient (Wildman–Crippen LogP) is 3.23. The molecule has 0 spiro atoms. The molecule has 0 aliphatic heterocycles. The van der Waals surface area contributed by atoms with E-state index in [1.165, 1.54) is 18.7 Å². The number of nitrogens with one attached hydrogen (secondary N) is 1. The fourth-order valence-corrected chi connectivity index (χ4v) is 2.40. The third-order valence-electron chi connectivity index (χ3n) is 3.52. The molecular weight excluding hydrogens is 279 g/mol. The summed E-state index contributed by atoms with van der Waals surface area (Å²) in [5.74, 6) is -0.0534. The average Bonchev–Trinajstić information content (AvgIpc) is 2.52. The molecule has 0 fully saturated rings. The number of methoxy groups -OCH3 is 1. The average molecular weight is 302 g/mol. The summed E-state index contributed by atoms with van der Waals surface area (Å²) in [6.07, 6.45) is 0. The molecule has 1 N–H and O–H groups in total. The quantitative estimate of drug-likeness (QED) is 0.850. The van der Waals surface area contributed by atoms with Crippen LogP contribution in [0.3, 0.4) is 0 Å². The van der Waals surface area contributed by atoms with Gasteiger partial charge in [0.05, 0.1) is 7.11 Å². The molecule has 0 saturated heterocycles. The van der Waals surface area contributed by atoms with E-state index in [1.54, 1.807) is 6.07 Å². The first-order valence-corrected chi connectivity index (χ1v) is 7.35. The molecular formula is C18H23FN2O. The highest BCUT2D eigenvalue weighted by Crippen LogP contribution is 2.19. The Morgan fingerprint density at radius 3 is 2.45 bits per heavy atom. The minimum absolute atomic E-state index is 0.196. The third-order valence-corrected chi connectivity index (χ3v) is 3.52. The van der Waals surface area contributed by atoms with Crippen molar-refractivity contribution >= 4 is 0 Å². The van der Waals surface area contributed by atoms with E-state index in [-0.39, 0.29) is 17.6 Å². The lowest BCUT2D eigenvalue weighted by Crippen LogP contribution is -2.30. The van der Waals surface area contributed by atoms with E-state index < -0.39 is 0 Å². The molecule has 2 aromatic rings. The van der Waals surface area contributed by atoms with E-state index in [4.69, 9.17) is 4.74 Å². The summed E-state index contributed by atoms with van der Waals surface area (Å²) in [4.78, 5) is 2.14. The lowest BCUT2D eigenvalue weighted by Gasteiger charge is -2.23. The third kappa shape index (κ3) is 4.55. The number of benzene rings is 2. The second kappa shape index (κ2) is 7.92. The summed E-state index contributed by atoms with van der Waals surface area (Å²) in [5, 5.41) is 3.50. The highest BCUT2D eigenvalue weighted by molar-refractivity contribution is 5.29. The maximum atomic E-state index is 13.7. The molecule has 0 amide bonds. The Morgan fingerprint density at radius 1 is 1.14 bits per heavy atom. The second-order valence-corrected chi connectivity index (χ2v) is 5.58. The minimum atomic E-state index is -0.328. The van der Waals surface area contributed by atoms with Gasteiger partial charge < -0.3 is 15.0 Å². The van der Waals surface area contributed by atoms with Gasteiger partial charge in [-0.1, -0.05) is 36.4 Å². The Bertz CT molecular complexity index is 587. The van der Waals surface area contributed by atoms with Gasteiger partial charge in [-0.15, -0.1) is 0 Å². The molecule has 0 aromatic heterocycles. The number of hydrogen-bond acceptors (Lipinski definition) is 3. The van der Waals surface area contributed by atoms with Crippen LogP contribution >= 0.6 is 0 Å². The molecule has 0 aliphatic carbocycles. The number of hydrogen-bond donors (Lipinski definition) is 1. The largest absolute Gasteiger partial charge is 0.494 e. The molecule has 1 unspecified atom stereocenters. The molecule has 3 nitrogen and oxygen atoms in total. The van der Waals surface area contributed by atoms with Gasteiger partial charge in [0.25, 0.3) is 0 Å². The maximum absolute atomic E-state index is 13.7. The highest BCUT2D eigenvalue weighted by atomic mass is 19.1. The monoisotopic (exact) mass is 302 g/mol. The molecule has 22 heavy (non-hydrogen) atoms. The van der Waals surface area contributed by atoms with Crippen LogP contribution in [0.4, 0.5) is 4.39 Å². The molecule has 2 rings (SSSR count). The van der Waals surface area contributed by atoms with Gasteiger partial charge in [-0.2, -0.15) is 0 Å². The van der Waals surface area contributed by atoms with Gasteiger partial charge in [-0.05, 0) is 37.4 Å². The predicted molar refractivity (Wildman–Crippen MR) is 87.5 cm³/mol. The van der Waals surface area contributed by atoms with Crippen molar-refractivity contribution in [3.8, 4) is 5.75 Å². The van der Waals surface area contributed by atoms with Crippen LogP contribution in [0.5, 0.6) is 5.75 Å². The summed E-state index contributed by atoms with van der Waals surface area (Å²) in [7, 11) is 5.56. The number of halogens is 1. The summed E-state index contributed by atoms with van der Waals surface area (Å²) in [6, 6.07) is 15.5. The molecule has 2 aromatic carbocycles. The number of ether oxygens (including phenoxy) is 1. The molecule has 118 valence electrons. The normalized spacial score (nSPS) is 12.4. The van der Waals surface area contributed by atoms with Crippen molar-refractivity contribution in [3.63, 3.8) is 0 Å². The van der Waals surface area contributed by atoms with Crippen molar-refractivity contribution in [2.45, 2.75) is 12.6 Å². The zero-order valence-electron chi connectivity index (χ0n) is 13.3. The molecule has 0 saturated carbocycles. The van der Waals surface area contributed by atoms with Crippen LogP contribution in [0.2, 0.25) is 0 Å². The van der Waals surface area contributed by atoms with Gasteiger partial charge in [0.2, 0.25) is 0 Å². The Balaban J connectivity index is 2.06. The first kappa shape index (κ1) is 16.5. The van der Waals surface area contributed by atoms with Gasteiger partial charge in [-0.25, -0.2) is 4.39 Å². The SMILES string of the molecule is COc1ccc(CNC(CN(C)C)c2ccccc2)cc1F. The van der Waals surface area contributed by atoms with E-state index in [1.807, 2.05) is 38.4 Å². The molecule has 1 atom stereocenters. The van der Waals surface area contributed by atoms with Crippen LogP contribution in [-0.2, 0) is 6.54 Å². The van der Waals surface area contributed by atoms with Gasteiger partial charge in [0.1, 0.15) is 0 Å². The van der Waals surface area contributed by atoms with Crippen LogP contribution in [0.15, 0.2) is 48.5 Å². The van der Waals surface area contributed by atoms with Crippen molar-refractivity contribution in [2.75, 3.05) is 27.7 Å². The number of likely N-dealkylation sites (N-methyl/N-ethyl adjacent to an activating group) is 1. The van der Waals surface area contributed by atoms with Gasteiger partial charge in [-0.3, -0.25) is 0 Å². The standard InChI is InChI=1S/C18H23FN2O/c1-21(2)13-17(15-7-5-4-6-8-15)20-12-14-9-10-18(22-3)16(19)11-14/h4-11,17,20H,12-13H2,1-3H3. The number of nitrogens with zero attached hydrogens (tertiary/aromatic N) is 1. The Labute approximate surface area is 131 Å². The molecule has 0 aliphatic rings. The Morgan fingerprint density at radius 2 is 1.86 bits per heavy atom. The van der Waals surface area contributed by atoms with Crippen LogP contribution in [-0.4, -0.2) is 32.6 Å². The van der Waals surface area contributed by atoms with E-state index in [9.17, 15) is 4.39 Å². The second-order valence-electron chi connectivity index (χ2n) is 5.58. The fourth-order valence-electron chi connectivity index (χ4n) is 2.40.